The van der Waals surface area contributed by atoms with E-state index in [1.54, 1.807) is 0 Å². The lowest BCUT2D eigenvalue weighted by atomic mass is 10.1. The van der Waals surface area contributed by atoms with E-state index in [9.17, 15) is 0 Å². The molecule has 0 aliphatic heterocycles. The number of nitrogens with two attached hydrogens (primary N) is 1. The summed E-state index contributed by atoms with van der Waals surface area (Å²) in [5.41, 5.74) is 5.76. The van der Waals surface area contributed by atoms with Gasteiger partial charge in [-0.2, -0.15) is 0 Å². The molecule has 1 aromatic rings. The normalized spacial score (nSPS) is 22.1. The lowest BCUT2D eigenvalue weighted by molar-refractivity contribution is 0.471. The van der Waals surface area contributed by atoms with Gasteiger partial charge in [0.1, 0.15) is 5.82 Å². The van der Waals surface area contributed by atoms with Gasteiger partial charge in [-0.3, -0.25) is 0 Å². The molecule has 2 N–H and O–H groups in total. The van der Waals surface area contributed by atoms with Gasteiger partial charge < -0.3 is 10.3 Å². The first-order valence-electron chi connectivity index (χ1n) is 5.81. The van der Waals surface area contributed by atoms with E-state index in [0.717, 1.165) is 5.82 Å². The summed E-state index contributed by atoms with van der Waals surface area (Å²) in [6.07, 6.45) is 5.08. The van der Waals surface area contributed by atoms with E-state index in [0.29, 0.717) is 12.0 Å². The van der Waals surface area contributed by atoms with Crippen LogP contribution < -0.4 is 5.73 Å². The molecule has 2 fully saturated rings. The number of hydrogen-bond acceptors (Lipinski definition) is 3. The standard InChI is InChI=1S/C11H18N4/c1-11(2,12)10-14-13-9(7-3-4-7)15(10)8-5-6-8/h7-8H,3-6,12H2,1-2H3. The van der Waals surface area contributed by atoms with Crippen LogP contribution in [-0.2, 0) is 5.54 Å². The van der Waals surface area contributed by atoms with Gasteiger partial charge in [-0.1, -0.05) is 0 Å². The number of aromatic nitrogens is 3. The van der Waals surface area contributed by atoms with Gasteiger partial charge in [0.05, 0.1) is 5.54 Å². The third-order valence-electron chi connectivity index (χ3n) is 3.15. The van der Waals surface area contributed by atoms with E-state index < -0.39 is 0 Å². The van der Waals surface area contributed by atoms with Crippen molar-refractivity contribution in [3.8, 4) is 0 Å². The van der Waals surface area contributed by atoms with Crippen molar-refractivity contribution in [3.63, 3.8) is 0 Å². The summed E-state index contributed by atoms with van der Waals surface area (Å²) in [5.74, 6) is 2.81. The molecule has 2 aliphatic rings. The fourth-order valence-corrected chi connectivity index (χ4v) is 2.06. The second kappa shape index (κ2) is 2.82. The van der Waals surface area contributed by atoms with Crippen molar-refractivity contribution < 1.29 is 0 Å². The zero-order valence-corrected chi connectivity index (χ0v) is 9.40. The summed E-state index contributed by atoms with van der Waals surface area (Å²) in [7, 11) is 0. The van der Waals surface area contributed by atoms with Crippen LogP contribution in [0.15, 0.2) is 0 Å². The molecule has 82 valence electrons. The Bertz CT molecular complexity index is 380. The fourth-order valence-electron chi connectivity index (χ4n) is 2.06. The average molecular weight is 206 g/mol. The summed E-state index contributed by atoms with van der Waals surface area (Å²) >= 11 is 0. The minimum Gasteiger partial charge on any atom is -0.319 e. The fraction of sp³-hybridized carbons (Fsp3) is 0.818. The van der Waals surface area contributed by atoms with Gasteiger partial charge in [-0.05, 0) is 39.5 Å². The van der Waals surface area contributed by atoms with Crippen molar-refractivity contribution in [2.45, 2.75) is 57.0 Å². The highest BCUT2D eigenvalue weighted by Gasteiger charge is 2.38. The maximum absolute atomic E-state index is 6.13. The van der Waals surface area contributed by atoms with Gasteiger partial charge in [0.2, 0.25) is 0 Å². The molecular formula is C11H18N4. The third kappa shape index (κ3) is 1.57. The van der Waals surface area contributed by atoms with Crippen LogP contribution in [0, 0.1) is 0 Å². The van der Waals surface area contributed by atoms with Crippen molar-refractivity contribution in [1.82, 2.24) is 14.8 Å². The van der Waals surface area contributed by atoms with Gasteiger partial charge in [-0.25, -0.2) is 0 Å². The molecule has 3 rings (SSSR count). The Kier molecular flexibility index (Phi) is 1.75. The van der Waals surface area contributed by atoms with Crippen LogP contribution in [0.4, 0.5) is 0 Å². The lowest BCUT2D eigenvalue weighted by Gasteiger charge is -2.19. The van der Waals surface area contributed by atoms with Crippen molar-refractivity contribution >= 4 is 0 Å². The van der Waals surface area contributed by atoms with Crippen LogP contribution >= 0.6 is 0 Å². The van der Waals surface area contributed by atoms with Crippen LogP contribution in [-0.4, -0.2) is 14.8 Å². The smallest absolute Gasteiger partial charge is 0.152 e. The highest BCUT2D eigenvalue weighted by atomic mass is 15.3. The molecule has 1 aromatic heterocycles. The molecule has 0 spiro atoms. The van der Waals surface area contributed by atoms with Gasteiger partial charge in [0, 0.05) is 12.0 Å². The van der Waals surface area contributed by atoms with Crippen LogP contribution in [0.5, 0.6) is 0 Å². The summed E-state index contributed by atoms with van der Waals surface area (Å²) in [6, 6.07) is 0.633. The second-order valence-electron chi connectivity index (χ2n) is 5.48. The summed E-state index contributed by atoms with van der Waals surface area (Å²) in [4.78, 5) is 0. The quantitative estimate of drug-likeness (QED) is 0.818. The van der Waals surface area contributed by atoms with Crippen molar-refractivity contribution in [1.29, 1.82) is 0 Å². The predicted octanol–water partition coefficient (Wildman–Crippen LogP) is 1.68. The van der Waals surface area contributed by atoms with Crippen LogP contribution in [0.3, 0.4) is 0 Å². The molecule has 0 amide bonds. The Morgan fingerprint density at radius 1 is 1.20 bits per heavy atom. The molecule has 0 aromatic carbocycles. The highest BCUT2D eigenvalue weighted by Crippen LogP contribution is 2.45. The van der Waals surface area contributed by atoms with E-state index in [-0.39, 0.29) is 5.54 Å². The molecule has 0 unspecified atom stereocenters. The monoisotopic (exact) mass is 206 g/mol. The summed E-state index contributed by atoms with van der Waals surface area (Å²) < 4.78 is 2.32. The molecule has 0 radical (unpaired) electrons. The Morgan fingerprint density at radius 3 is 2.33 bits per heavy atom. The topological polar surface area (TPSA) is 56.7 Å². The zero-order chi connectivity index (χ0) is 10.6. The first-order valence-corrected chi connectivity index (χ1v) is 5.81. The molecule has 0 bridgehead atoms. The van der Waals surface area contributed by atoms with Gasteiger partial charge in [-0.15, -0.1) is 10.2 Å². The second-order valence-corrected chi connectivity index (χ2v) is 5.48. The Balaban J connectivity index is 2.06. The van der Waals surface area contributed by atoms with Crippen molar-refractivity contribution in [2.24, 2.45) is 5.73 Å². The number of hydrogen-bond donors (Lipinski definition) is 1. The van der Waals surface area contributed by atoms with Crippen molar-refractivity contribution in [2.75, 3.05) is 0 Å². The number of rotatable bonds is 3. The SMILES string of the molecule is CC(C)(N)c1nnc(C2CC2)n1C1CC1. The molecule has 2 saturated carbocycles. The molecule has 0 atom stereocenters. The molecule has 2 aliphatic carbocycles. The zero-order valence-electron chi connectivity index (χ0n) is 9.40. The van der Waals surface area contributed by atoms with E-state index in [1.807, 2.05) is 13.8 Å². The minimum atomic E-state index is -0.372. The Morgan fingerprint density at radius 2 is 1.87 bits per heavy atom. The minimum absolute atomic E-state index is 0.372. The third-order valence-corrected chi connectivity index (χ3v) is 3.15. The van der Waals surface area contributed by atoms with E-state index in [1.165, 1.54) is 31.5 Å². The van der Waals surface area contributed by atoms with E-state index in [2.05, 4.69) is 14.8 Å². The van der Waals surface area contributed by atoms with Gasteiger partial charge >= 0.3 is 0 Å². The molecular weight excluding hydrogens is 188 g/mol. The molecule has 4 nitrogen and oxygen atoms in total. The van der Waals surface area contributed by atoms with E-state index in [4.69, 9.17) is 5.73 Å². The van der Waals surface area contributed by atoms with Crippen LogP contribution in [0.25, 0.3) is 0 Å². The summed E-state index contributed by atoms with van der Waals surface area (Å²) in [5, 5.41) is 8.64. The molecule has 1 heterocycles. The van der Waals surface area contributed by atoms with Crippen molar-refractivity contribution in [3.05, 3.63) is 11.6 Å². The molecule has 15 heavy (non-hydrogen) atoms. The Labute approximate surface area is 89.9 Å². The lowest BCUT2D eigenvalue weighted by Crippen LogP contribution is -2.32. The van der Waals surface area contributed by atoms with Crippen LogP contribution in [0.2, 0.25) is 0 Å². The number of nitrogens with zero attached hydrogens (tertiary/aromatic N) is 3. The highest BCUT2D eigenvalue weighted by molar-refractivity contribution is 5.15. The molecule has 0 saturated heterocycles. The average Bonchev–Trinajstić information content (AvgIpc) is 3.02. The predicted molar refractivity (Wildman–Crippen MR) is 57.5 cm³/mol. The Hall–Kier alpha value is -0.900. The maximum atomic E-state index is 6.13. The summed E-state index contributed by atoms with van der Waals surface area (Å²) in [6.45, 7) is 4.01. The van der Waals surface area contributed by atoms with Crippen LogP contribution in [0.1, 0.15) is 63.1 Å². The van der Waals surface area contributed by atoms with Gasteiger partial charge in [0.15, 0.2) is 5.82 Å². The van der Waals surface area contributed by atoms with E-state index >= 15 is 0 Å². The largest absolute Gasteiger partial charge is 0.319 e. The maximum Gasteiger partial charge on any atom is 0.152 e. The first kappa shape index (κ1) is 9.33. The first-order chi connectivity index (χ1) is 7.07. The molecule has 4 heteroatoms. The van der Waals surface area contributed by atoms with Gasteiger partial charge in [0.25, 0.3) is 0 Å².